The maximum absolute atomic E-state index is 12.3. The van der Waals surface area contributed by atoms with Gasteiger partial charge in [0.25, 0.3) is 11.6 Å². The van der Waals surface area contributed by atoms with Gasteiger partial charge in [-0.1, -0.05) is 36.4 Å². The molecule has 2 aromatic rings. The third kappa shape index (κ3) is 5.33. The number of nitrogens with one attached hydrogen (secondary N) is 1. The zero-order valence-electron chi connectivity index (χ0n) is 13.3. The number of rotatable bonds is 6. The first kappa shape index (κ1) is 18.5. The monoisotopic (exact) mass is 359 g/mol. The molecule has 0 unspecified atom stereocenters. The minimum absolute atomic E-state index is 0.125. The van der Waals surface area contributed by atoms with Crippen molar-refractivity contribution in [2.45, 2.75) is 6.54 Å². The molecule has 2 aromatic carbocycles. The van der Waals surface area contributed by atoms with Gasteiger partial charge in [0.2, 0.25) is 0 Å². The molecule has 0 aromatic heterocycles. The summed E-state index contributed by atoms with van der Waals surface area (Å²) in [7, 11) is 0. The van der Waals surface area contributed by atoms with Crippen LogP contribution in [-0.4, -0.2) is 39.1 Å². The SMILES string of the molecule is O=C(NC(=S)N(CCO)Cc1ccccc1)c1cccc([N+](=O)[O-])c1. The highest BCUT2D eigenvalue weighted by atomic mass is 32.1. The van der Waals surface area contributed by atoms with Gasteiger partial charge in [-0.05, 0) is 23.8 Å². The zero-order chi connectivity index (χ0) is 18.2. The molecular formula is C17H17N3O4S. The van der Waals surface area contributed by atoms with Crippen molar-refractivity contribution in [3.63, 3.8) is 0 Å². The van der Waals surface area contributed by atoms with Gasteiger partial charge >= 0.3 is 0 Å². The van der Waals surface area contributed by atoms with Gasteiger partial charge in [-0.15, -0.1) is 0 Å². The second kappa shape index (κ2) is 8.86. The van der Waals surface area contributed by atoms with Gasteiger partial charge in [-0.25, -0.2) is 0 Å². The van der Waals surface area contributed by atoms with Crippen molar-refractivity contribution in [2.75, 3.05) is 13.2 Å². The lowest BCUT2D eigenvalue weighted by Crippen LogP contribution is -2.43. The van der Waals surface area contributed by atoms with Crippen molar-refractivity contribution in [3.05, 3.63) is 75.8 Å². The van der Waals surface area contributed by atoms with Crippen molar-refractivity contribution in [1.29, 1.82) is 0 Å². The summed E-state index contributed by atoms with van der Waals surface area (Å²) in [4.78, 5) is 24.2. The molecule has 0 aliphatic carbocycles. The van der Waals surface area contributed by atoms with E-state index in [1.54, 1.807) is 4.90 Å². The summed E-state index contributed by atoms with van der Waals surface area (Å²) in [6.07, 6.45) is 0. The average Bonchev–Trinajstić information content (AvgIpc) is 2.62. The molecule has 0 atom stereocenters. The van der Waals surface area contributed by atoms with E-state index in [0.717, 1.165) is 5.56 Å². The molecule has 2 N–H and O–H groups in total. The average molecular weight is 359 g/mol. The van der Waals surface area contributed by atoms with Crippen LogP contribution in [0, 0.1) is 10.1 Å². The van der Waals surface area contributed by atoms with E-state index < -0.39 is 10.8 Å². The number of nitrogens with zero attached hydrogens (tertiary/aromatic N) is 2. The summed E-state index contributed by atoms with van der Waals surface area (Å²) in [5, 5.41) is 22.7. The van der Waals surface area contributed by atoms with Crippen LogP contribution in [-0.2, 0) is 6.54 Å². The molecule has 0 spiro atoms. The normalized spacial score (nSPS) is 10.1. The largest absolute Gasteiger partial charge is 0.395 e. The van der Waals surface area contributed by atoms with Gasteiger partial charge in [0.15, 0.2) is 5.11 Å². The Morgan fingerprint density at radius 2 is 1.92 bits per heavy atom. The lowest BCUT2D eigenvalue weighted by Gasteiger charge is -2.24. The first-order valence-electron chi connectivity index (χ1n) is 7.50. The molecule has 0 fully saturated rings. The Hall–Kier alpha value is -2.84. The fraction of sp³-hybridized carbons (Fsp3) is 0.176. The molecule has 130 valence electrons. The molecule has 0 saturated carbocycles. The molecule has 2 rings (SSSR count). The van der Waals surface area contributed by atoms with Gasteiger partial charge < -0.3 is 10.0 Å². The van der Waals surface area contributed by atoms with Crippen molar-refractivity contribution >= 4 is 28.9 Å². The highest BCUT2D eigenvalue weighted by molar-refractivity contribution is 7.80. The molecule has 1 amide bonds. The molecule has 0 bridgehead atoms. The summed E-state index contributed by atoms with van der Waals surface area (Å²) < 4.78 is 0. The first-order valence-corrected chi connectivity index (χ1v) is 7.91. The van der Waals surface area contributed by atoms with Crippen molar-refractivity contribution in [3.8, 4) is 0 Å². The minimum Gasteiger partial charge on any atom is -0.395 e. The summed E-state index contributed by atoms with van der Waals surface area (Å²) in [5.41, 5.74) is 0.943. The zero-order valence-corrected chi connectivity index (χ0v) is 14.1. The van der Waals surface area contributed by atoms with Gasteiger partial charge in [0.05, 0.1) is 11.5 Å². The number of carbonyl (C=O) groups excluding carboxylic acids is 1. The Morgan fingerprint density at radius 3 is 2.56 bits per heavy atom. The Morgan fingerprint density at radius 1 is 1.20 bits per heavy atom. The number of nitro benzene ring substituents is 1. The van der Waals surface area contributed by atoms with Crippen LogP contribution in [0.4, 0.5) is 5.69 Å². The van der Waals surface area contributed by atoms with Crippen LogP contribution >= 0.6 is 12.2 Å². The number of carbonyl (C=O) groups is 1. The smallest absolute Gasteiger partial charge is 0.270 e. The predicted molar refractivity (Wildman–Crippen MR) is 97.1 cm³/mol. The molecule has 0 saturated heterocycles. The van der Waals surface area contributed by atoms with Crippen molar-refractivity contribution < 1.29 is 14.8 Å². The molecule has 0 aliphatic heterocycles. The molecule has 7 nitrogen and oxygen atoms in total. The molecular weight excluding hydrogens is 342 g/mol. The Kier molecular flexibility index (Phi) is 6.55. The van der Waals surface area contributed by atoms with Crippen molar-refractivity contribution in [1.82, 2.24) is 10.2 Å². The lowest BCUT2D eigenvalue weighted by atomic mass is 10.2. The van der Waals surface area contributed by atoms with E-state index in [-0.39, 0.29) is 29.5 Å². The van der Waals surface area contributed by atoms with Gasteiger partial charge in [-0.2, -0.15) is 0 Å². The third-order valence-electron chi connectivity index (χ3n) is 3.41. The number of aliphatic hydroxyl groups is 1. The second-order valence-electron chi connectivity index (χ2n) is 5.20. The van der Waals surface area contributed by atoms with Gasteiger partial charge in [0, 0.05) is 30.8 Å². The predicted octanol–water partition coefficient (Wildman–Crippen LogP) is 2.10. The fourth-order valence-corrected chi connectivity index (χ4v) is 2.43. The summed E-state index contributed by atoms with van der Waals surface area (Å²) in [6.45, 7) is 0.554. The fourth-order valence-electron chi connectivity index (χ4n) is 2.19. The van der Waals surface area contributed by atoms with Crippen LogP contribution in [0.15, 0.2) is 54.6 Å². The number of benzene rings is 2. The number of hydrogen-bond donors (Lipinski definition) is 2. The highest BCUT2D eigenvalue weighted by Gasteiger charge is 2.16. The van der Waals surface area contributed by atoms with Gasteiger partial charge in [0.1, 0.15) is 0 Å². The topological polar surface area (TPSA) is 95.7 Å². The Bertz CT molecular complexity index is 767. The maximum atomic E-state index is 12.3. The van der Waals surface area contributed by atoms with E-state index in [4.69, 9.17) is 12.2 Å². The Balaban J connectivity index is 2.08. The van der Waals surface area contributed by atoms with E-state index in [9.17, 15) is 20.0 Å². The van der Waals surface area contributed by atoms with E-state index in [1.807, 2.05) is 30.3 Å². The maximum Gasteiger partial charge on any atom is 0.270 e. The summed E-state index contributed by atoms with van der Waals surface area (Å²) in [6, 6.07) is 14.9. The first-order chi connectivity index (χ1) is 12.0. The summed E-state index contributed by atoms with van der Waals surface area (Å²) in [5.74, 6) is -0.537. The number of aliphatic hydroxyl groups excluding tert-OH is 1. The van der Waals surface area contributed by atoms with Crippen LogP contribution in [0.5, 0.6) is 0 Å². The van der Waals surface area contributed by atoms with Gasteiger partial charge in [-0.3, -0.25) is 20.2 Å². The van der Waals surface area contributed by atoms with Crippen LogP contribution in [0.25, 0.3) is 0 Å². The van der Waals surface area contributed by atoms with E-state index >= 15 is 0 Å². The van der Waals surface area contributed by atoms with E-state index in [1.165, 1.54) is 24.3 Å². The summed E-state index contributed by atoms with van der Waals surface area (Å²) >= 11 is 5.25. The molecule has 25 heavy (non-hydrogen) atoms. The lowest BCUT2D eigenvalue weighted by molar-refractivity contribution is -0.384. The van der Waals surface area contributed by atoms with Crippen molar-refractivity contribution in [2.24, 2.45) is 0 Å². The quantitative estimate of drug-likeness (QED) is 0.466. The van der Waals surface area contributed by atoms with Crippen LogP contribution < -0.4 is 5.32 Å². The third-order valence-corrected chi connectivity index (χ3v) is 3.77. The minimum atomic E-state index is -0.567. The van der Waals surface area contributed by atoms with Crippen LogP contribution in [0.1, 0.15) is 15.9 Å². The standard InChI is InChI=1S/C17H17N3O4S/c21-10-9-19(12-13-5-2-1-3-6-13)17(25)18-16(22)14-7-4-8-15(11-14)20(23)24/h1-8,11,21H,9-10,12H2,(H,18,22,25). The number of non-ortho nitro benzene ring substituents is 1. The number of thiocarbonyl (C=S) groups is 1. The van der Waals surface area contributed by atoms with Crippen LogP contribution in [0.3, 0.4) is 0 Å². The number of amides is 1. The Labute approximate surface area is 150 Å². The molecule has 0 heterocycles. The van der Waals surface area contributed by atoms with Crippen LogP contribution in [0.2, 0.25) is 0 Å². The molecule has 0 radical (unpaired) electrons. The second-order valence-corrected chi connectivity index (χ2v) is 5.58. The molecule has 0 aliphatic rings. The number of nitro groups is 1. The molecule has 8 heteroatoms. The number of hydrogen-bond acceptors (Lipinski definition) is 5. The highest BCUT2D eigenvalue weighted by Crippen LogP contribution is 2.13. The van der Waals surface area contributed by atoms with E-state index in [2.05, 4.69) is 5.32 Å². The van der Waals surface area contributed by atoms with E-state index in [0.29, 0.717) is 6.54 Å².